The van der Waals surface area contributed by atoms with Crippen LogP contribution in [0.3, 0.4) is 0 Å². The van der Waals surface area contributed by atoms with Gasteiger partial charge in [0.25, 0.3) is 0 Å². The molecule has 0 aromatic rings. The standard InChI is InChI=1S/C16H31F/c1-3-5-7-9-11-15(16(17)13-14-16)12-10-8-6-4-2/h15H,3-14H2,1-2H3. The molecule has 0 saturated heterocycles. The first-order valence-electron chi connectivity index (χ1n) is 7.92. The van der Waals surface area contributed by atoms with Crippen LogP contribution in [-0.2, 0) is 0 Å². The van der Waals surface area contributed by atoms with Crippen molar-refractivity contribution in [2.75, 3.05) is 0 Å². The van der Waals surface area contributed by atoms with E-state index in [4.69, 9.17) is 0 Å². The third-order valence-corrected chi connectivity index (χ3v) is 4.27. The molecular weight excluding hydrogens is 211 g/mol. The summed E-state index contributed by atoms with van der Waals surface area (Å²) in [5, 5.41) is 0. The predicted octanol–water partition coefficient (Wildman–Crippen LogP) is 6.05. The molecule has 1 rings (SSSR count). The molecule has 1 saturated carbocycles. The van der Waals surface area contributed by atoms with Gasteiger partial charge in [-0.1, -0.05) is 65.2 Å². The third-order valence-electron chi connectivity index (χ3n) is 4.27. The largest absolute Gasteiger partial charge is 0.244 e. The Labute approximate surface area is 107 Å². The molecule has 0 unspecified atom stereocenters. The van der Waals surface area contributed by atoms with Gasteiger partial charge in [0.15, 0.2) is 0 Å². The summed E-state index contributed by atoms with van der Waals surface area (Å²) in [5.74, 6) is 0.385. The molecule has 0 aromatic heterocycles. The van der Waals surface area contributed by atoms with Crippen molar-refractivity contribution in [2.45, 2.75) is 96.6 Å². The summed E-state index contributed by atoms with van der Waals surface area (Å²) in [5.41, 5.74) is -0.738. The van der Waals surface area contributed by atoms with Crippen molar-refractivity contribution in [3.05, 3.63) is 0 Å². The number of hydrogen-bond donors (Lipinski definition) is 0. The lowest BCUT2D eigenvalue weighted by Gasteiger charge is -2.20. The average molecular weight is 242 g/mol. The number of alkyl halides is 1. The molecule has 1 heteroatoms. The first-order valence-corrected chi connectivity index (χ1v) is 7.92. The van der Waals surface area contributed by atoms with E-state index in [9.17, 15) is 4.39 Å². The molecule has 0 heterocycles. The highest BCUT2D eigenvalue weighted by Crippen LogP contribution is 2.50. The molecule has 0 atom stereocenters. The summed E-state index contributed by atoms with van der Waals surface area (Å²) < 4.78 is 14.2. The van der Waals surface area contributed by atoms with Gasteiger partial charge in [0.1, 0.15) is 5.67 Å². The second-order valence-electron chi connectivity index (χ2n) is 5.93. The highest BCUT2D eigenvalue weighted by molar-refractivity contribution is 4.99. The zero-order chi connectivity index (χ0) is 12.6. The van der Waals surface area contributed by atoms with Crippen LogP contribution in [0, 0.1) is 5.92 Å². The van der Waals surface area contributed by atoms with E-state index >= 15 is 0 Å². The number of halogens is 1. The van der Waals surface area contributed by atoms with Crippen molar-refractivity contribution >= 4 is 0 Å². The lowest BCUT2D eigenvalue weighted by Crippen LogP contribution is -2.17. The highest BCUT2D eigenvalue weighted by Gasteiger charge is 2.49. The molecule has 0 radical (unpaired) electrons. The number of rotatable bonds is 11. The van der Waals surface area contributed by atoms with Crippen LogP contribution in [0.4, 0.5) is 4.39 Å². The summed E-state index contributed by atoms with van der Waals surface area (Å²) in [7, 11) is 0. The zero-order valence-corrected chi connectivity index (χ0v) is 11.9. The molecule has 0 amide bonds. The Morgan fingerprint density at radius 1 is 0.824 bits per heavy atom. The third kappa shape index (κ3) is 5.88. The van der Waals surface area contributed by atoms with E-state index in [2.05, 4.69) is 13.8 Å². The highest BCUT2D eigenvalue weighted by atomic mass is 19.1. The molecule has 17 heavy (non-hydrogen) atoms. The summed E-state index contributed by atoms with van der Waals surface area (Å²) >= 11 is 0. The molecule has 0 nitrogen and oxygen atoms in total. The van der Waals surface area contributed by atoms with Gasteiger partial charge in [-0.2, -0.15) is 0 Å². The first kappa shape index (κ1) is 15.0. The first-order chi connectivity index (χ1) is 8.23. The van der Waals surface area contributed by atoms with Gasteiger partial charge in [0.05, 0.1) is 0 Å². The fraction of sp³-hybridized carbons (Fsp3) is 1.00. The van der Waals surface area contributed by atoms with Crippen LogP contribution in [0.25, 0.3) is 0 Å². The Morgan fingerprint density at radius 2 is 1.29 bits per heavy atom. The van der Waals surface area contributed by atoms with Crippen LogP contribution >= 0.6 is 0 Å². The zero-order valence-electron chi connectivity index (χ0n) is 11.9. The van der Waals surface area contributed by atoms with E-state index in [-0.39, 0.29) is 0 Å². The molecule has 1 aliphatic carbocycles. The fourth-order valence-corrected chi connectivity index (χ4v) is 2.82. The molecule has 0 N–H and O–H groups in total. The molecule has 0 bridgehead atoms. The van der Waals surface area contributed by atoms with Crippen molar-refractivity contribution in [1.82, 2.24) is 0 Å². The van der Waals surface area contributed by atoms with Crippen molar-refractivity contribution in [2.24, 2.45) is 5.92 Å². The Kier molecular flexibility index (Phi) is 7.15. The molecule has 1 fully saturated rings. The maximum atomic E-state index is 14.2. The van der Waals surface area contributed by atoms with Crippen molar-refractivity contribution < 1.29 is 4.39 Å². The van der Waals surface area contributed by atoms with Gasteiger partial charge in [-0.25, -0.2) is 4.39 Å². The normalized spacial score (nSPS) is 17.6. The van der Waals surface area contributed by atoms with E-state index in [0.29, 0.717) is 5.92 Å². The van der Waals surface area contributed by atoms with E-state index < -0.39 is 5.67 Å². The molecular formula is C16H31F. The fourth-order valence-electron chi connectivity index (χ4n) is 2.82. The second kappa shape index (κ2) is 8.11. The average Bonchev–Trinajstić information content (AvgIpc) is 3.06. The summed E-state index contributed by atoms with van der Waals surface area (Å²) in [6, 6.07) is 0. The van der Waals surface area contributed by atoms with E-state index in [1.807, 2.05) is 0 Å². The predicted molar refractivity (Wildman–Crippen MR) is 74.1 cm³/mol. The van der Waals surface area contributed by atoms with Gasteiger partial charge in [-0.3, -0.25) is 0 Å². The Bertz CT molecular complexity index is 172. The quantitative estimate of drug-likeness (QED) is 0.387. The van der Waals surface area contributed by atoms with Crippen LogP contribution in [0.15, 0.2) is 0 Å². The van der Waals surface area contributed by atoms with Crippen LogP contribution in [0.5, 0.6) is 0 Å². The van der Waals surface area contributed by atoms with Crippen LogP contribution in [0.2, 0.25) is 0 Å². The molecule has 0 aliphatic heterocycles. The van der Waals surface area contributed by atoms with Crippen LogP contribution in [-0.4, -0.2) is 5.67 Å². The van der Waals surface area contributed by atoms with Gasteiger partial charge < -0.3 is 0 Å². The van der Waals surface area contributed by atoms with Crippen molar-refractivity contribution in [3.8, 4) is 0 Å². The van der Waals surface area contributed by atoms with Gasteiger partial charge in [0.2, 0.25) is 0 Å². The molecule has 0 aromatic carbocycles. The monoisotopic (exact) mass is 242 g/mol. The number of unbranched alkanes of at least 4 members (excludes halogenated alkanes) is 6. The molecule has 0 spiro atoms. The maximum Gasteiger partial charge on any atom is 0.114 e. The smallest absolute Gasteiger partial charge is 0.114 e. The van der Waals surface area contributed by atoms with Crippen molar-refractivity contribution in [1.29, 1.82) is 0 Å². The van der Waals surface area contributed by atoms with Gasteiger partial charge >= 0.3 is 0 Å². The van der Waals surface area contributed by atoms with E-state index in [1.165, 1.54) is 51.4 Å². The van der Waals surface area contributed by atoms with Crippen molar-refractivity contribution in [3.63, 3.8) is 0 Å². The topological polar surface area (TPSA) is 0 Å². The lowest BCUT2D eigenvalue weighted by atomic mass is 9.89. The Morgan fingerprint density at radius 3 is 1.65 bits per heavy atom. The summed E-state index contributed by atoms with van der Waals surface area (Å²) in [4.78, 5) is 0. The second-order valence-corrected chi connectivity index (χ2v) is 5.93. The minimum Gasteiger partial charge on any atom is -0.244 e. The van der Waals surface area contributed by atoms with Gasteiger partial charge in [-0.15, -0.1) is 0 Å². The molecule has 102 valence electrons. The van der Waals surface area contributed by atoms with Crippen LogP contribution in [0.1, 0.15) is 90.9 Å². The summed E-state index contributed by atoms with van der Waals surface area (Å²) in [6.45, 7) is 4.47. The SMILES string of the molecule is CCCCCCC(CCCCCC)C1(F)CC1. The maximum absolute atomic E-state index is 14.2. The minimum atomic E-state index is -0.738. The molecule has 1 aliphatic rings. The van der Waals surface area contributed by atoms with Gasteiger partial charge in [0, 0.05) is 0 Å². The van der Waals surface area contributed by atoms with Gasteiger partial charge in [-0.05, 0) is 31.6 Å². The van der Waals surface area contributed by atoms with E-state index in [1.54, 1.807) is 0 Å². The number of hydrogen-bond acceptors (Lipinski definition) is 0. The Balaban J connectivity index is 2.15. The minimum absolute atomic E-state index is 0.385. The van der Waals surface area contributed by atoms with Crippen LogP contribution < -0.4 is 0 Å². The Hall–Kier alpha value is -0.0700. The summed E-state index contributed by atoms with van der Waals surface area (Å²) in [6.07, 6.45) is 14.3. The van der Waals surface area contributed by atoms with E-state index in [0.717, 1.165) is 25.7 Å². The lowest BCUT2D eigenvalue weighted by molar-refractivity contribution is 0.174.